The van der Waals surface area contributed by atoms with Crippen LogP contribution in [0.15, 0.2) is 60.8 Å². The number of carboxylic acid groups (broad SMARTS) is 1. The summed E-state index contributed by atoms with van der Waals surface area (Å²) in [5.74, 6) is -2.26. The average Bonchev–Trinajstić information content (AvgIpc) is 3.48. The van der Waals surface area contributed by atoms with Crippen LogP contribution in [-0.2, 0) is 33.3 Å². The van der Waals surface area contributed by atoms with E-state index in [0.717, 1.165) is 51.4 Å². The van der Waals surface area contributed by atoms with Crippen molar-refractivity contribution < 1.29 is 42.9 Å². The van der Waals surface area contributed by atoms with E-state index in [-0.39, 0.29) is 32.2 Å². The maximum atomic E-state index is 12.9. The minimum absolute atomic E-state index is 0.148. The molecule has 0 aliphatic rings. The summed E-state index contributed by atoms with van der Waals surface area (Å²) in [5.41, 5.74) is 0. The summed E-state index contributed by atoms with van der Waals surface area (Å²) in [5, 5.41) is 11.8. The minimum atomic E-state index is -1.62. The molecule has 0 aliphatic carbocycles. The largest absolute Gasteiger partial charge is 0.545 e. The van der Waals surface area contributed by atoms with E-state index < -0.39 is 24.3 Å². The van der Waals surface area contributed by atoms with E-state index in [1.54, 1.807) is 0 Å². The molecule has 0 aromatic heterocycles. The summed E-state index contributed by atoms with van der Waals surface area (Å²) >= 11 is 0. The number of quaternary nitrogens is 1. The van der Waals surface area contributed by atoms with Crippen LogP contribution >= 0.6 is 0 Å². The first kappa shape index (κ1) is 82.0. The van der Waals surface area contributed by atoms with Crippen LogP contribution in [0, 0.1) is 0 Å². The predicted molar refractivity (Wildman–Crippen MR) is 362 cm³/mol. The van der Waals surface area contributed by atoms with E-state index in [4.69, 9.17) is 18.9 Å². The van der Waals surface area contributed by atoms with Crippen molar-refractivity contribution in [1.82, 2.24) is 0 Å². The van der Waals surface area contributed by atoms with Crippen molar-refractivity contribution in [3.8, 4) is 0 Å². The smallest absolute Gasteiger partial charge is 0.306 e. The van der Waals surface area contributed by atoms with Crippen LogP contribution in [-0.4, -0.2) is 82.3 Å². The standard InChI is InChI=1S/C76H139NO8/c1-6-8-10-12-14-16-18-20-22-24-26-28-30-32-34-36-37-39-40-42-44-46-48-50-52-54-56-58-60-62-64-66-73(78)83-70-72(71-84-76(75(80)81)82-69-68-77(3,4)5)85-74(79)67-65-63-61-59-57-55-53-51-49-47-45-43-41-38-35-33-31-29-27-25-23-21-19-17-15-13-11-9-7-2/h18-21,24-27,31,33,72,76H,6-17,22-23,28-30,32,34-71H2,1-5H3/b20-18-,21-19-,26-24-,27-25-,33-31-. The lowest BCUT2D eigenvalue weighted by atomic mass is 10.0. The number of rotatable bonds is 68. The van der Waals surface area contributed by atoms with Gasteiger partial charge in [-0.05, 0) is 83.5 Å². The van der Waals surface area contributed by atoms with Gasteiger partial charge in [0.1, 0.15) is 13.2 Å². The number of unbranched alkanes of at least 4 members (excludes halogenated alkanes) is 43. The third-order valence-electron chi connectivity index (χ3n) is 16.2. The summed E-state index contributed by atoms with van der Waals surface area (Å²) in [4.78, 5) is 37.5. The van der Waals surface area contributed by atoms with Crippen LogP contribution in [0.2, 0.25) is 0 Å². The highest BCUT2D eigenvalue weighted by Gasteiger charge is 2.22. The van der Waals surface area contributed by atoms with Crippen LogP contribution in [0.5, 0.6) is 0 Å². The molecule has 0 heterocycles. The van der Waals surface area contributed by atoms with Gasteiger partial charge >= 0.3 is 11.9 Å². The zero-order chi connectivity index (χ0) is 61.9. The molecule has 0 aliphatic heterocycles. The Kier molecular flexibility index (Phi) is 64.6. The average molecular weight is 1190 g/mol. The van der Waals surface area contributed by atoms with Crippen molar-refractivity contribution in [1.29, 1.82) is 0 Å². The number of hydrogen-bond acceptors (Lipinski definition) is 8. The van der Waals surface area contributed by atoms with Gasteiger partial charge in [-0.3, -0.25) is 9.59 Å². The maximum Gasteiger partial charge on any atom is 0.306 e. The molecule has 0 aromatic rings. The topological polar surface area (TPSA) is 111 Å². The second-order valence-corrected chi connectivity index (χ2v) is 25.9. The number of carboxylic acids is 1. The van der Waals surface area contributed by atoms with E-state index in [1.165, 1.54) is 263 Å². The first-order valence-electron chi connectivity index (χ1n) is 36.4. The van der Waals surface area contributed by atoms with Gasteiger partial charge in [0.2, 0.25) is 0 Å². The fraction of sp³-hybridized carbons (Fsp3) is 0.829. The zero-order valence-corrected chi connectivity index (χ0v) is 56.7. The number of hydrogen-bond donors (Lipinski definition) is 0. The molecule has 0 aromatic carbocycles. The van der Waals surface area contributed by atoms with Crippen molar-refractivity contribution >= 4 is 17.9 Å². The van der Waals surface area contributed by atoms with E-state index >= 15 is 0 Å². The fourth-order valence-corrected chi connectivity index (χ4v) is 10.6. The van der Waals surface area contributed by atoms with Crippen molar-refractivity contribution in [2.75, 3.05) is 47.5 Å². The molecule has 2 unspecified atom stereocenters. The third-order valence-corrected chi connectivity index (χ3v) is 16.2. The number of carbonyl (C=O) groups excluding carboxylic acids is 3. The van der Waals surface area contributed by atoms with Crippen molar-refractivity contribution in [3.63, 3.8) is 0 Å². The summed E-state index contributed by atoms with van der Waals surface area (Å²) in [6.07, 6.45) is 84.5. The summed E-state index contributed by atoms with van der Waals surface area (Å²) in [7, 11) is 5.94. The van der Waals surface area contributed by atoms with Crippen LogP contribution in [0.4, 0.5) is 0 Å². The minimum Gasteiger partial charge on any atom is -0.545 e. The van der Waals surface area contributed by atoms with E-state index in [1.807, 2.05) is 21.1 Å². The number of carbonyl (C=O) groups is 3. The predicted octanol–water partition coefficient (Wildman–Crippen LogP) is 21.4. The molecular weight excluding hydrogens is 1050 g/mol. The van der Waals surface area contributed by atoms with Crippen LogP contribution in [0.25, 0.3) is 0 Å². The summed E-state index contributed by atoms with van der Waals surface area (Å²) in [6, 6.07) is 0. The Labute approximate surface area is 526 Å². The molecule has 0 amide bonds. The number of ether oxygens (including phenoxy) is 4. The second kappa shape index (κ2) is 66.9. The molecule has 0 saturated carbocycles. The lowest BCUT2D eigenvalue weighted by Gasteiger charge is -2.26. The Hall–Kier alpha value is -3.01. The molecule has 9 heteroatoms. The molecule has 0 rings (SSSR count). The van der Waals surface area contributed by atoms with Crippen molar-refractivity contribution in [3.05, 3.63) is 60.8 Å². The molecule has 496 valence electrons. The van der Waals surface area contributed by atoms with Gasteiger partial charge in [-0.15, -0.1) is 0 Å². The molecule has 0 radical (unpaired) electrons. The van der Waals surface area contributed by atoms with E-state index in [9.17, 15) is 19.5 Å². The molecule has 9 nitrogen and oxygen atoms in total. The molecular formula is C76H139NO8. The molecule has 0 bridgehead atoms. The quantitative estimate of drug-likeness (QED) is 0.0195. The highest BCUT2D eigenvalue weighted by molar-refractivity contribution is 5.70. The SMILES string of the molecule is CCCCCCC/C=C\C/C=C\C/C=C\CCCCCCCCCCCCCCCCC(=O)OC(COC(=O)CCCCCCCCCCCCCCCCCCCCC/C=C\C/C=C\CCCCCCC)COC(OCC[N+](C)(C)C)C(=O)[O-]. The van der Waals surface area contributed by atoms with Gasteiger partial charge in [0, 0.05) is 12.8 Å². The first-order valence-corrected chi connectivity index (χ1v) is 36.4. The summed E-state index contributed by atoms with van der Waals surface area (Å²) in [6.45, 7) is 4.78. The van der Waals surface area contributed by atoms with Crippen molar-refractivity contribution in [2.24, 2.45) is 0 Å². The van der Waals surface area contributed by atoms with Gasteiger partial charge < -0.3 is 33.3 Å². The highest BCUT2D eigenvalue weighted by Crippen LogP contribution is 2.18. The molecule has 2 atom stereocenters. The Balaban J connectivity index is 4.07. The summed E-state index contributed by atoms with van der Waals surface area (Å²) < 4.78 is 22.8. The number of esters is 2. The number of aliphatic carboxylic acids is 1. The molecule has 0 spiro atoms. The van der Waals surface area contributed by atoms with Gasteiger partial charge in [-0.1, -0.05) is 312 Å². The second-order valence-electron chi connectivity index (χ2n) is 25.9. The zero-order valence-electron chi connectivity index (χ0n) is 56.7. The van der Waals surface area contributed by atoms with Crippen LogP contribution in [0.1, 0.15) is 348 Å². The number of likely N-dealkylation sites (N-methyl/N-ethyl adjacent to an activating group) is 1. The van der Waals surface area contributed by atoms with Crippen LogP contribution in [0.3, 0.4) is 0 Å². The number of allylic oxidation sites excluding steroid dienone is 10. The number of nitrogens with zero attached hydrogens (tertiary/aromatic N) is 1. The van der Waals surface area contributed by atoms with Gasteiger partial charge in [-0.25, -0.2) is 0 Å². The Bertz CT molecular complexity index is 1580. The lowest BCUT2D eigenvalue weighted by molar-refractivity contribution is -0.870. The molecule has 0 saturated heterocycles. The van der Waals surface area contributed by atoms with Gasteiger partial charge in [-0.2, -0.15) is 0 Å². The van der Waals surface area contributed by atoms with Crippen molar-refractivity contribution in [2.45, 2.75) is 360 Å². The third kappa shape index (κ3) is 68.3. The normalized spacial score (nSPS) is 13.0. The molecule has 85 heavy (non-hydrogen) atoms. The highest BCUT2D eigenvalue weighted by atomic mass is 16.7. The Morgan fingerprint density at radius 3 is 0.941 bits per heavy atom. The van der Waals surface area contributed by atoms with E-state index in [0.29, 0.717) is 23.9 Å². The van der Waals surface area contributed by atoms with Gasteiger partial charge in [0.25, 0.3) is 0 Å². The fourth-order valence-electron chi connectivity index (χ4n) is 10.6. The first-order chi connectivity index (χ1) is 41.6. The lowest BCUT2D eigenvalue weighted by Crippen LogP contribution is -2.44. The van der Waals surface area contributed by atoms with Crippen LogP contribution < -0.4 is 5.11 Å². The van der Waals surface area contributed by atoms with Gasteiger partial charge in [0.05, 0.1) is 40.3 Å². The maximum absolute atomic E-state index is 12.9. The molecule has 0 N–H and O–H groups in total. The van der Waals surface area contributed by atoms with Gasteiger partial charge in [0.15, 0.2) is 12.4 Å². The molecule has 0 fully saturated rings. The monoisotopic (exact) mass is 1190 g/mol. The Morgan fingerprint density at radius 1 is 0.353 bits per heavy atom. The Morgan fingerprint density at radius 2 is 0.635 bits per heavy atom. The van der Waals surface area contributed by atoms with E-state index in [2.05, 4.69) is 74.6 Å².